The van der Waals surface area contributed by atoms with Gasteiger partial charge in [-0.3, -0.25) is 0 Å². The Morgan fingerprint density at radius 1 is 0.821 bits per heavy atom. The molecular weight excluding hydrogens is 340 g/mol. The van der Waals surface area contributed by atoms with Gasteiger partial charge in [-0.05, 0) is 66.7 Å². The molecule has 3 rings (SSSR count). The van der Waals surface area contributed by atoms with E-state index in [0.29, 0.717) is 6.61 Å². The van der Waals surface area contributed by atoms with E-state index in [1.165, 1.54) is 73.6 Å². The minimum atomic E-state index is 0.700. The van der Waals surface area contributed by atoms with Gasteiger partial charge in [0.25, 0.3) is 0 Å². The summed E-state index contributed by atoms with van der Waals surface area (Å²) in [6.07, 6.45) is 12.9. The van der Waals surface area contributed by atoms with Crippen LogP contribution in [0.3, 0.4) is 0 Å². The maximum absolute atomic E-state index is 5.48. The van der Waals surface area contributed by atoms with Gasteiger partial charge in [-0.2, -0.15) is 0 Å². The molecule has 0 spiro atoms. The van der Waals surface area contributed by atoms with Crippen LogP contribution in [0.1, 0.15) is 63.0 Å². The van der Waals surface area contributed by atoms with Gasteiger partial charge in [-0.25, -0.2) is 0 Å². The van der Waals surface area contributed by atoms with Gasteiger partial charge in [0.15, 0.2) is 0 Å². The molecule has 0 atom stereocenters. The van der Waals surface area contributed by atoms with Crippen molar-refractivity contribution in [2.45, 2.75) is 64.9 Å². The fourth-order valence-electron chi connectivity index (χ4n) is 4.41. The predicted molar refractivity (Wildman–Crippen MR) is 120 cm³/mol. The minimum Gasteiger partial charge on any atom is -0.377 e. The summed E-state index contributed by atoms with van der Waals surface area (Å²) >= 11 is 0. The molecule has 0 saturated heterocycles. The summed E-state index contributed by atoms with van der Waals surface area (Å²) in [7, 11) is 0. The first-order valence-corrected chi connectivity index (χ1v) is 11.2. The Hall–Kier alpha value is -1.86. The van der Waals surface area contributed by atoms with Gasteiger partial charge >= 0.3 is 0 Å². The van der Waals surface area contributed by atoms with E-state index in [0.717, 1.165) is 18.4 Å². The molecule has 0 unspecified atom stereocenters. The predicted octanol–water partition coefficient (Wildman–Crippen LogP) is 7.60. The van der Waals surface area contributed by atoms with Crippen LogP contribution < -0.4 is 0 Å². The maximum atomic E-state index is 5.48. The lowest BCUT2D eigenvalue weighted by atomic mass is 9.78. The molecule has 1 heteroatoms. The minimum absolute atomic E-state index is 0.700. The Morgan fingerprint density at radius 3 is 1.89 bits per heavy atom. The summed E-state index contributed by atoms with van der Waals surface area (Å²) in [5, 5.41) is 0. The monoisotopic (exact) mass is 376 g/mol. The van der Waals surface area contributed by atoms with Crippen LogP contribution in [0.5, 0.6) is 0 Å². The number of hydrogen-bond acceptors (Lipinski definition) is 1. The largest absolute Gasteiger partial charge is 0.377 e. The number of hydrogen-bond donors (Lipinski definition) is 0. The summed E-state index contributed by atoms with van der Waals surface area (Å²) < 4.78 is 5.48. The molecule has 1 nitrogen and oxygen atoms in total. The normalized spacial score (nSPS) is 19.5. The van der Waals surface area contributed by atoms with Crippen LogP contribution in [0.15, 0.2) is 61.2 Å². The lowest BCUT2D eigenvalue weighted by Gasteiger charge is -2.28. The molecule has 0 radical (unpaired) electrons. The molecule has 1 aliphatic rings. The molecule has 150 valence electrons. The molecule has 0 N–H and O–H groups in total. The lowest BCUT2D eigenvalue weighted by molar-refractivity contribution is 0.134. The van der Waals surface area contributed by atoms with Gasteiger partial charge in [0.1, 0.15) is 0 Å². The quantitative estimate of drug-likeness (QED) is 0.388. The van der Waals surface area contributed by atoms with E-state index in [1.807, 2.05) is 6.92 Å². The molecule has 28 heavy (non-hydrogen) atoms. The molecular formula is C27H36O. The van der Waals surface area contributed by atoms with Crippen molar-refractivity contribution in [2.24, 2.45) is 11.8 Å². The number of benzene rings is 2. The van der Waals surface area contributed by atoms with Crippen LogP contribution >= 0.6 is 0 Å². The Labute approximate surface area is 171 Å². The third-order valence-corrected chi connectivity index (χ3v) is 6.30. The van der Waals surface area contributed by atoms with E-state index in [4.69, 9.17) is 4.74 Å². The van der Waals surface area contributed by atoms with E-state index in [1.54, 1.807) is 0 Å². The molecule has 1 saturated carbocycles. The highest BCUT2D eigenvalue weighted by atomic mass is 16.5. The SMILES string of the molecule is C=CCC[C@H]1CC[C@H](CCc2ccc(-c3ccc(COCC)cc3)cc2)CC1. The first-order chi connectivity index (χ1) is 13.8. The summed E-state index contributed by atoms with van der Waals surface area (Å²) in [6.45, 7) is 7.36. The second kappa shape index (κ2) is 11.2. The zero-order valence-electron chi connectivity index (χ0n) is 17.5. The molecule has 1 aliphatic carbocycles. The van der Waals surface area contributed by atoms with Crippen molar-refractivity contribution >= 4 is 0 Å². The van der Waals surface area contributed by atoms with Crippen LogP contribution in [-0.4, -0.2) is 6.61 Å². The van der Waals surface area contributed by atoms with Crippen LogP contribution in [-0.2, 0) is 17.8 Å². The zero-order chi connectivity index (χ0) is 19.6. The second-order valence-corrected chi connectivity index (χ2v) is 8.32. The van der Waals surface area contributed by atoms with Crippen molar-refractivity contribution in [1.82, 2.24) is 0 Å². The van der Waals surface area contributed by atoms with Gasteiger partial charge in [-0.1, -0.05) is 80.3 Å². The molecule has 0 aromatic heterocycles. The first kappa shape index (κ1) is 20.9. The van der Waals surface area contributed by atoms with Gasteiger partial charge < -0.3 is 4.74 Å². The van der Waals surface area contributed by atoms with Gasteiger partial charge in [0.05, 0.1) is 6.61 Å². The van der Waals surface area contributed by atoms with E-state index in [-0.39, 0.29) is 0 Å². The molecule has 2 aromatic carbocycles. The van der Waals surface area contributed by atoms with Crippen molar-refractivity contribution in [3.8, 4) is 11.1 Å². The number of ether oxygens (including phenoxy) is 1. The third-order valence-electron chi connectivity index (χ3n) is 6.30. The standard InChI is InChI=1S/C27H36O/c1-3-5-6-22-7-9-23(10-8-22)11-12-24-13-17-26(18-14-24)27-19-15-25(16-20-27)21-28-4-2/h3,13-20,22-23H,1,4-12,21H2,2H3/t22-,23-. The summed E-state index contributed by atoms with van der Waals surface area (Å²) in [4.78, 5) is 0. The topological polar surface area (TPSA) is 9.23 Å². The molecule has 0 heterocycles. The van der Waals surface area contributed by atoms with E-state index >= 15 is 0 Å². The van der Waals surface area contributed by atoms with Gasteiger partial charge in [0.2, 0.25) is 0 Å². The van der Waals surface area contributed by atoms with Crippen LogP contribution in [0, 0.1) is 11.8 Å². The summed E-state index contributed by atoms with van der Waals surface area (Å²) in [6, 6.07) is 17.9. The van der Waals surface area contributed by atoms with Crippen molar-refractivity contribution in [2.75, 3.05) is 6.61 Å². The Bertz CT molecular complexity index is 690. The Morgan fingerprint density at radius 2 is 1.36 bits per heavy atom. The number of allylic oxidation sites excluding steroid dienone is 1. The maximum Gasteiger partial charge on any atom is 0.0716 e. The van der Waals surface area contributed by atoms with E-state index in [2.05, 4.69) is 61.2 Å². The molecule has 2 aromatic rings. The molecule has 0 amide bonds. The number of aryl methyl sites for hydroxylation is 1. The third kappa shape index (κ3) is 6.34. The fourth-order valence-corrected chi connectivity index (χ4v) is 4.41. The van der Waals surface area contributed by atoms with Gasteiger partial charge in [0, 0.05) is 6.61 Å². The molecule has 0 bridgehead atoms. The Kier molecular flexibility index (Phi) is 8.36. The van der Waals surface area contributed by atoms with Crippen molar-refractivity contribution < 1.29 is 4.74 Å². The van der Waals surface area contributed by atoms with Gasteiger partial charge in [-0.15, -0.1) is 6.58 Å². The molecule has 0 aliphatic heterocycles. The summed E-state index contributed by atoms with van der Waals surface area (Å²) in [5.74, 6) is 1.88. The van der Waals surface area contributed by atoms with Crippen molar-refractivity contribution in [3.05, 3.63) is 72.3 Å². The van der Waals surface area contributed by atoms with Crippen molar-refractivity contribution in [3.63, 3.8) is 0 Å². The zero-order valence-corrected chi connectivity index (χ0v) is 17.5. The lowest BCUT2D eigenvalue weighted by Crippen LogP contribution is -2.15. The number of rotatable bonds is 10. The first-order valence-electron chi connectivity index (χ1n) is 11.2. The summed E-state index contributed by atoms with van der Waals surface area (Å²) in [5.41, 5.74) is 5.30. The van der Waals surface area contributed by atoms with Crippen molar-refractivity contribution in [1.29, 1.82) is 0 Å². The second-order valence-electron chi connectivity index (χ2n) is 8.32. The average molecular weight is 377 g/mol. The fraction of sp³-hybridized carbons (Fsp3) is 0.481. The van der Waals surface area contributed by atoms with Crippen LogP contribution in [0.2, 0.25) is 0 Å². The van der Waals surface area contributed by atoms with Crippen LogP contribution in [0.25, 0.3) is 11.1 Å². The highest BCUT2D eigenvalue weighted by Crippen LogP contribution is 2.34. The highest BCUT2D eigenvalue weighted by molar-refractivity contribution is 5.63. The van der Waals surface area contributed by atoms with Crippen LogP contribution in [0.4, 0.5) is 0 Å². The van der Waals surface area contributed by atoms with E-state index < -0.39 is 0 Å². The Balaban J connectivity index is 1.45. The smallest absolute Gasteiger partial charge is 0.0716 e. The molecule has 1 fully saturated rings. The average Bonchev–Trinajstić information content (AvgIpc) is 2.76. The van der Waals surface area contributed by atoms with E-state index in [9.17, 15) is 0 Å². The highest BCUT2D eigenvalue weighted by Gasteiger charge is 2.20.